The SMILES string of the molecule is CC(C)(C)OC(=O)N1C[C@@H](CCc2c(F)cncc2NC(=O)CC(c2ccc(F)cc2)c2cc(F)cc(F)c2)OC[C@H]1C=O. The van der Waals surface area contributed by atoms with E-state index < -0.39 is 58.9 Å². The van der Waals surface area contributed by atoms with Crippen molar-refractivity contribution in [1.29, 1.82) is 0 Å². The van der Waals surface area contributed by atoms with Crippen LogP contribution in [0, 0.1) is 23.3 Å². The zero-order valence-corrected chi connectivity index (χ0v) is 24.5. The summed E-state index contributed by atoms with van der Waals surface area (Å²) in [5, 5.41) is 2.64. The number of amides is 2. The van der Waals surface area contributed by atoms with Crippen molar-refractivity contribution in [2.24, 2.45) is 0 Å². The molecule has 1 aromatic heterocycles. The molecule has 1 N–H and O–H groups in total. The number of halogens is 4. The van der Waals surface area contributed by atoms with E-state index in [4.69, 9.17) is 9.47 Å². The summed E-state index contributed by atoms with van der Waals surface area (Å²) in [6, 6.07) is 7.28. The quantitative estimate of drug-likeness (QED) is 0.237. The molecule has 1 unspecified atom stereocenters. The Labute approximate surface area is 252 Å². The van der Waals surface area contributed by atoms with Gasteiger partial charge in [-0.05, 0) is 69.0 Å². The van der Waals surface area contributed by atoms with Crippen molar-refractivity contribution in [2.45, 2.75) is 63.7 Å². The Bertz CT molecular complexity index is 1480. The van der Waals surface area contributed by atoms with Gasteiger partial charge in [0.05, 0.1) is 37.3 Å². The molecule has 4 rings (SSSR count). The van der Waals surface area contributed by atoms with E-state index in [0.29, 0.717) is 17.9 Å². The molecular formula is C32H33F4N3O5. The van der Waals surface area contributed by atoms with Crippen LogP contribution < -0.4 is 5.32 Å². The number of benzene rings is 2. The second-order valence-corrected chi connectivity index (χ2v) is 11.5. The Kier molecular flexibility index (Phi) is 10.4. The highest BCUT2D eigenvalue weighted by molar-refractivity contribution is 5.92. The van der Waals surface area contributed by atoms with Gasteiger partial charge < -0.3 is 19.6 Å². The van der Waals surface area contributed by atoms with E-state index in [9.17, 15) is 31.9 Å². The van der Waals surface area contributed by atoms with E-state index in [1.165, 1.54) is 35.4 Å². The molecule has 3 aromatic rings. The van der Waals surface area contributed by atoms with Gasteiger partial charge in [-0.1, -0.05) is 12.1 Å². The molecule has 3 atom stereocenters. The van der Waals surface area contributed by atoms with Crippen molar-refractivity contribution < 1.29 is 41.4 Å². The first-order chi connectivity index (χ1) is 20.8. The third-order valence-electron chi connectivity index (χ3n) is 7.03. The van der Waals surface area contributed by atoms with Gasteiger partial charge in [0.2, 0.25) is 5.91 Å². The molecule has 1 aliphatic heterocycles. The minimum Gasteiger partial charge on any atom is -0.444 e. The van der Waals surface area contributed by atoms with Gasteiger partial charge in [0, 0.05) is 24.0 Å². The number of pyridine rings is 1. The molecule has 8 nitrogen and oxygen atoms in total. The highest BCUT2D eigenvalue weighted by atomic mass is 19.1. The summed E-state index contributed by atoms with van der Waals surface area (Å²) in [5.41, 5.74) is 0.0583. The van der Waals surface area contributed by atoms with E-state index >= 15 is 0 Å². The molecule has 1 aliphatic rings. The van der Waals surface area contributed by atoms with Crippen molar-refractivity contribution >= 4 is 24.0 Å². The number of carbonyl (C=O) groups excluding carboxylic acids is 3. The van der Waals surface area contributed by atoms with Crippen LogP contribution in [0.3, 0.4) is 0 Å². The third kappa shape index (κ3) is 8.62. The van der Waals surface area contributed by atoms with Crippen LogP contribution >= 0.6 is 0 Å². The molecule has 0 aliphatic carbocycles. The maximum Gasteiger partial charge on any atom is 0.411 e. The number of hydrogen-bond acceptors (Lipinski definition) is 6. The second-order valence-electron chi connectivity index (χ2n) is 11.5. The van der Waals surface area contributed by atoms with E-state index in [0.717, 1.165) is 18.3 Å². The first-order valence-corrected chi connectivity index (χ1v) is 14.0. The standard InChI is InChI=1S/C32H33F4N3O5/c1-32(2,3)44-31(42)39-16-25(43-18-24(39)17-40)8-9-26-28(36)14-37-15-29(26)38-30(41)13-27(19-4-6-21(33)7-5-19)20-10-22(34)12-23(35)11-20/h4-7,10-12,14-15,17,24-25,27H,8-9,13,16,18H2,1-3H3,(H,38,41)/t24-,25-,27?/m1/s1. The van der Waals surface area contributed by atoms with E-state index in [-0.39, 0.29) is 49.2 Å². The second kappa shape index (κ2) is 14.0. The van der Waals surface area contributed by atoms with Gasteiger partial charge in [-0.3, -0.25) is 14.7 Å². The lowest BCUT2D eigenvalue weighted by Gasteiger charge is -2.38. The molecule has 2 aromatic carbocycles. The fourth-order valence-electron chi connectivity index (χ4n) is 4.97. The Balaban J connectivity index is 1.49. The number of aromatic nitrogens is 1. The molecule has 12 heteroatoms. The molecule has 0 bridgehead atoms. The summed E-state index contributed by atoms with van der Waals surface area (Å²) in [6.45, 7) is 5.11. The highest BCUT2D eigenvalue weighted by Gasteiger charge is 2.35. The maximum absolute atomic E-state index is 15.0. The molecule has 0 radical (unpaired) electrons. The number of aldehydes is 1. The summed E-state index contributed by atoms with van der Waals surface area (Å²) in [6.07, 6.45) is 1.68. The van der Waals surface area contributed by atoms with Crippen LogP contribution in [-0.2, 0) is 25.5 Å². The number of nitrogens with one attached hydrogen (secondary N) is 1. The summed E-state index contributed by atoms with van der Waals surface area (Å²) in [5.74, 6) is -4.31. The van der Waals surface area contributed by atoms with Crippen molar-refractivity contribution in [3.8, 4) is 0 Å². The van der Waals surface area contributed by atoms with Gasteiger partial charge in [0.15, 0.2) is 0 Å². The van der Waals surface area contributed by atoms with Crippen molar-refractivity contribution in [2.75, 3.05) is 18.5 Å². The molecule has 1 fully saturated rings. The minimum atomic E-state index is -0.842. The highest BCUT2D eigenvalue weighted by Crippen LogP contribution is 2.31. The summed E-state index contributed by atoms with van der Waals surface area (Å²) >= 11 is 0. The minimum absolute atomic E-state index is 0.0380. The number of carbonyl (C=O) groups is 3. The Morgan fingerprint density at radius 3 is 2.36 bits per heavy atom. The Hall–Kier alpha value is -4.32. The van der Waals surface area contributed by atoms with Crippen LogP contribution in [0.1, 0.15) is 56.2 Å². The summed E-state index contributed by atoms with van der Waals surface area (Å²) in [4.78, 5) is 42.6. The number of hydrogen-bond donors (Lipinski definition) is 1. The smallest absolute Gasteiger partial charge is 0.411 e. The summed E-state index contributed by atoms with van der Waals surface area (Å²) in [7, 11) is 0. The lowest BCUT2D eigenvalue weighted by Crippen LogP contribution is -2.54. The number of rotatable bonds is 9. The molecule has 2 amide bonds. The molecule has 44 heavy (non-hydrogen) atoms. The largest absolute Gasteiger partial charge is 0.444 e. The van der Waals surface area contributed by atoms with Crippen molar-refractivity contribution in [3.05, 3.63) is 94.8 Å². The van der Waals surface area contributed by atoms with E-state index in [1.807, 2.05) is 0 Å². The zero-order valence-electron chi connectivity index (χ0n) is 24.5. The fourth-order valence-corrected chi connectivity index (χ4v) is 4.97. The van der Waals surface area contributed by atoms with Crippen molar-refractivity contribution in [3.63, 3.8) is 0 Å². The van der Waals surface area contributed by atoms with Gasteiger partial charge >= 0.3 is 6.09 Å². The monoisotopic (exact) mass is 615 g/mol. The third-order valence-corrected chi connectivity index (χ3v) is 7.03. The van der Waals surface area contributed by atoms with Crippen molar-refractivity contribution in [1.82, 2.24) is 9.88 Å². The number of ether oxygens (including phenoxy) is 2. The fraction of sp³-hybridized carbons (Fsp3) is 0.375. The van der Waals surface area contributed by atoms with Gasteiger partial charge in [-0.2, -0.15) is 0 Å². The topological polar surface area (TPSA) is 97.8 Å². The predicted octanol–water partition coefficient (Wildman–Crippen LogP) is 5.93. The van der Waals surface area contributed by atoms with E-state index in [1.54, 1.807) is 20.8 Å². The average molecular weight is 616 g/mol. The molecule has 0 spiro atoms. The number of morpholine rings is 1. The normalized spacial score (nSPS) is 17.6. The predicted molar refractivity (Wildman–Crippen MR) is 153 cm³/mol. The number of nitrogens with zero attached hydrogens (tertiary/aromatic N) is 2. The van der Waals surface area contributed by atoms with Crippen LogP contribution in [0.5, 0.6) is 0 Å². The Morgan fingerprint density at radius 2 is 1.73 bits per heavy atom. The van der Waals surface area contributed by atoms with Gasteiger partial charge in [0.25, 0.3) is 0 Å². The average Bonchev–Trinajstić information content (AvgIpc) is 2.94. The molecule has 0 saturated carbocycles. The molecule has 1 saturated heterocycles. The lowest BCUT2D eigenvalue weighted by atomic mass is 9.88. The first kappa shape index (κ1) is 32.6. The molecular weight excluding hydrogens is 582 g/mol. The molecule has 2 heterocycles. The van der Waals surface area contributed by atoms with Crippen LogP contribution in [0.25, 0.3) is 0 Å². The zero-order chi connectivity index (χ0) is 32.0. The van der Waals surface area contributed by atoms with Crippen LogP contribution in [-0.4, -0.2) is 59.1 Å². The van der Waals surface area contributed by atoms with Gasteiger partial charge in [-0.15, -0.1) is 0 Å². The van der Waals surface area contributed by atoms with E-state index in [2.05, 4.69) is 10.3 Å². The van der Waals surface area contributed by atoms with Gasteiger partial charge in [-0.25, -0.2) is 22.4 Å². The molecule has 234 valence electrons. The Morgan fingerprint density at radius 1 is 1.05 bits per heavy atom. The van der Waals surface area contributed by atoms with Crippen LogP contribution in [0.4, 0.5) is 28.0 Å². The van der Waals surface area contributed by atoms with Gasteiger partial charge in [0.1, 0.15) is 41.2 Å². The summed E-state index contributed by atoms with van der Waals surface area (Å²) < 4.78 is 67.9. The van der Waals surface area contributed by atoms with Crippen LogP contribution in [0.15, 0.2) is 54.9 Å². The maximum atomic E-state index is 15.0. The number of anilines is 1. The lowest BCUT2D eigenvalue weighted by molar-refractivity contribution is -0.123. The van der Waals surface area contributed by atoms with Crippen LogP contribution in [0.2, 0.25) is 0 Å². The first-order valence-electron chi connectivity index (χ1n) is 14.0.